The van der Waals surface area contributed by atoms with Crippen molar-refractivity contribution in [1.29, 1.82) is 0 Å². The Balaban J connectivity index is 1.72. The van der Waals surface area contributed by atoms with Gasteiger partial charge in [0.25, 0.3) is 5.91 Å². The van der Waals surface area contributed by atoms with Gasteiger partial charge in [-0.2, -0.15) is 0 Å². The van der Waals surface area contributed by atoms with E-state index in [4.69, 9.17) is 9.47 Å². The normalized spacial score (nSPS) is 17.4. The molecule has 0 radical (unpaired) electrons. The molecule has 0 unspecified atom stereocenters. The Labute approximate surface area is 195 Å². The fraction of sp³-hybridized carbons (Fsp3) is 0.240. The van der Waals surface area contributed by atoms with Crippen LogP contribution in [0.1, 0.15) is 43.1 Å². The molecule has 2 aromatic carbocycles. The zero-order chi connectivity index (χ0) is 23.4. The highest BCUT2D eigenvalue weighted by Gasteiger charge is 2.44. The number of carbonyl (C=O) groups is 3. The number of anilines is 1. The molecule has 0 bridgehead atoms. The molecular formula is C25H24N2O5S. The van der Waals surface area contributed by atoms with E-state index >= 15 is 0 Å². The molecule has 0 saturated heterocycles. The van der Waals surface area contributed by atoms with Crippen LogP contribution in [0.5, 0.6) is 0 Å². The molecule has 2 atom stereocenters. The van der Waals surface area contributed by atoms with E-state index in [2.05, 4.69) is 5.32 Å². The lowest BCUT2D eigenvalue weighted by molar-refractivity contribution is -0.119. The topological polar surface area (TPSA) is 84.9 Å². The molecule has 170 valence electrons. The number of rotatable bonds is 7. The molecule has 1 N–H and O–H groups in total. The van der Waals surface area contributed by atoms with Crippen molar-refractivity contribution in [3.8, 4) is 0 Å². The fourth-order valence-electron chi connectivity index (χ4n) is 4.11. The molecule has 0 spiro atoms. The third kappa shape index (κ3) is 4.53. The SMILES string of the molecule is COCCN1C(=O)c2ccccc2[C@H](C(=O)Nc2ccc(C(=O)OC)cc2)[C@@H]1c1cccs1. The smallest absolute Gasteiger partial charge is 0.337 e. The Bertz CT molecular complexity index is 1140. The standard InChI is InChI=1S/C25H24N2O5S/c1-31-14-13-27-22(20-8-5-15-33-20)21(18-6-3-4-7-19(18)24(27)29)23(28)26-17-11-9-16(10-12-17)25(30)32-2/h3-12,15,21-22H,13-14H2,1-2H3,(H,26,28)/t21-,22-/m0/s1. The number of hydrogen-bond donors (Lipinski definition) is 1. The molecule has 2 heterocycles. The first-order valence-electron chi connectivity index (χ1n) is 10.5. The van der Waals surface area contributed by atoms with Crippen molar-refractivity contribution in [3.05, 3.63) is 87.6 Å². The van der Waals surface area contributed by atoms with Crippen LogP contribution in [-0.4, -0.2) is 50.1 Å². The van der Waals surface area contributed by atoms with E-state index < -0.39 is 17.9 Å². The van der Waals surface area contributed by atoms with Crippen molar-refractivity contribution < 1.29 is 23.9 Å². The number of ether oxygens (including phenoxy) is 2. The molecule has 8 heteroatoms. The Kier molecular flexibility index (Phi) is 6.86. The second-order valence-electron chi connectivity index (χ2n) is 7.57. The molecule has 0 aliphatic carbocycles. The van der Waals surface area contributed by atoms with Gasteiger partial charge < -0.3 is 19.7 Å². The quantitative estimate of drug-likeness (QED) is 0.532. The van der Waals surface area contributed by atoms with Gasteiger partial charge in [0, 0.05) is 29.8 Å². The van der Waals surface area contributed by atoms with Crippen LogP contribution in [0, 0.1) is 0 Å². The fourth-order valence-corrected chi connectivity index (χ4v) is 4.99. The number of methoxy groups -OCH3 is 2. The van der Waals surface area contributed by atoms with Crippen molar-refractivity contribution in [2.45, 2.75) is 12.0 Å². The van der Waals surface area contributed by atoms with Gasteiger partial charge >= 0.3 is 5.97 Å². The van der Waals surface area contributed by atoms with Crippen LogP contribution in [0.4, 0.5) is 5.69 Å². The highest BCUT2D eigenvalue weighted by molar-refractivity contribution is 7.10. The number of amides is 2. The van der Waals surface area contributed by atoms with E-state index in [1.807, 2.05) is 29.6 Å². The van der Waals surface area contributed by atoms with Gasteiger partial charge in [-0.1, -0.05) is 24.3 Å². The predicted octanol–water partition coefficient (Wildman–Crippen LogP) is 4.10. The first kappa shape index (κ1) is 22.7. The molecule has 1 aliphatic rings. The van der Waals surface area contributed by atoms with E-state index in [1.165, 1.54) is 18.4 Å². The number of thiophene rings is 1. The van der Waals surface area contributed by atoms with Gasteiger partial charge in [-0.05, 0) is 47.3 Å². The predicted molar refractivity (Wildman–Crippen MR) is 126 cm³/mol. The molecule has 2 amide bonds. The zero-order valence-electron chi connectivity index (χ0n) is 18.3. The summed E-state index contributed by atoms with van der Waals surface area (Å²) in [4.78, 5) is 41.4. The monoisotopic (exact) mass is 464 g/mol. The van der Waals surface area contributed by atoms with Gasteiger partial charge in [-0.25, -0.2) is 4.79 Å². The third-order valence-corrected chi connectivity index (χ3v) is 6.61. The first-order chi connectivity index (χ1) is 16.0. The second kappa shape index (κ2) is 9.97. The number of benzene rings is 2. The van der Waals surface area contributed by atoms with Crippen molar-refractivity contribution in [3.63, 3.8) is 0 Å². The third-order valence-electron chi connectivity index (χ3n) is 5.67. The number of nitrogens with one attached hydrogen (secondary N) is 1. The van der Waals surface area contributed by atoms with E-state index in [-0.39, 0.29) is 11.8 Å². The van der Waals surface area contributed by atoms with Crippen LogP contribution in [0.3, 0.4) is 0 Å². The van der Waals surface area contributed by atoms with Gasteiger partial charge in [-0.3, -0.25) is 9.59 Å². The molecular weight excluding hydrogens is 440 g/mol. The minimum Gasteiger partial charge on any atom is -0.465 e. The van der Waals surface area contributed by atoms with Gasteiger partial charge in [0.15, 0.2) is 0 Å². The molecule has 1 aromatic heterocycles. The molecule has 0 fully saturated rings. The number of carbonyl (C=O) groups excluding carboxylic acids is 3. The lowest BCUT2D eigenvalue weighted by Gasteiger charge is -2.41. The molecule has 1 aliphatic heterocycles. The summed E-state index contributed by atoms with van der Waals surface area (Å²) in [7, 11) is 2.91. The van der Waals surface area contributed by atoms with Crippen molar-refractivity contribution >= 4 is 34.8 Å². The summed E-state index contributed by atoms with van der Waals surface area (Å²) < 4.78 is 9.98. The maximum absolute atomic E-state index is 13.7. The van der Waals surface area contributed by atoms with Gasteiger partial charge in [-0.15, -0.1) is 11.3 Å². The summed E-state index contributed by atoms with van der Waals surface area (Å²) in [6.45, 7) is 0.725. The minimum absolute atomic E-state index is 0.118. The second-order valence-corrected chi connectivity index (χ2v) is 8.55. The van der Waals surface area contributed by atoms with E-state index in [0.717, 1.165) is 4.88 Å². The van der Waals surface area contributed by atoms with Crippen LogP contribution in [0.15, 0.2) is 66.0 Å². The number of hydrogen-bond acceptors (Lipinski definition) is 6. The largest absolute Gasteiger partial charge is 0.465 e. The van der Waals surface area contributed by atoms with Gasteiger partial charge in [0.2, 0.25) is 5.91 Å². The first-order valence-corrected chi connectivity index (χ1v) is 11.3. The molecule has 7 nitrogen and oxygen atoms in total. The van der Waals surface area contributed by atoms with E-state index in [1.54, 1.807) is 48.4 Å². The summed E-state index contributed by atoms with van der Waals surface area (Å²) in [5.74, 6) is -1.41. The summed E-state index contributed by atoms with van der Waals surface area (Å²) in [6, 6.07) is 17.2. The Hall–Kier alpha value is -3.49. The zero-order valence-corrected chi connectivity index (χ0v) is 19.1. The highest BCUT2D eigenvalue weighted by atomic mass is 32.1. The summed E-state index contributed by atoms with van der Waals surface area (Å²) in [6.07, 6.45) is 0. The summed E-state index contributed by atoms with van der Waals surface area (Å²) in [5.41, 5.74) is 2.16. The van der Waals surface area contributed by atoms with Crippen molar-refractivity contribution in [1.82, 2.24) is 4.90 Å². The van der Waals surface area contributed by atoms with Crippen LogP contribution in [-0.2, 0) is 14.3 Å². The van der Waals surface area contributed by atoms with Gasteiger partial charge in [0.1, 0.15) is 0 Å². The maximum Gasteiger partial charge on any atom is 0.337 e. The molecule has 0 saturated carbocycles. The number of esters is 1. The number of fused-ring (bicyclic) bond motifs is 1. The van der Waals surface area contributed by atoms with Crippen LogP contribution in [0.25, 0.3) is 0 Å². The Morgan fingerprint density at radius 3 is 2.45 bits per heavy atom. The van der Waals surface area contributed by atoms with E-state index in [0.29, 0.717) is 35.5 Å². The Morgan fingerprint density at radius 1 is 1.03 bits per heavy atom. The summed E-state index contributed by atoms with van der Waals surface area (Å²) >= 11 is 1.51. The average Bonchev–Trinajstić information content (AvgIpc) is 3.38. The average molecular weight is 465 g/mol. The maximum atomic E-state index is 13.7. The van der Waals surface area contributed by atoms with Crippen molar-refractivity contribution in [2.75, 3.05) is 32.7 Å². The lowest BCUT2D eigenvalue weighted by Crippen LogP contribution is -2.47. The number of nitrogens with zero attached hydrogens (tertiary/aromatic N) is 1. The minimum atomic E-state index is -0.616. The molecule has 3 aromatic rings. The lowest BCUT2D eigenvalue weighted by atomic mass is 9.81. The van der Waals surface area contributed by atoms with E-state index in [9.17, 15) is 14.4 Å². The van der Waals surface area contributed by atoms with Crippen molar-refractivity contribution in [2.24, 2.45) is 0 Å². The highest BCUT2D eigenvalue weighted by Crippen LogP contribution is 2.44. The Morgan fingerprint density at radius 2 is 1.79 bits per heavy atom. The van der Waals surface area contributed by atoms with Crippen LogP contribution in [0.2, 0.25) is 0 Å². The van der Waals surface area contributed by atoms with Crippen LogP contribution >= 0.6 is 11.3 Å². The molecule has 4 rings (SSSR count). The van der Waals surface area contributed by atoms with Crippen LogP contribution < -0.4 is 5.32 Å². The van der Waals surface area contributed by atoms with Gasteiger partial charge in [0.05, 0.1) is 31.2 Å². The summed E-state index contributed by atoms with van der Waals surface area (Å²) in [5, 5.41) is 4.90. The molecule has 33 heavy (non-hydrogen) atoms.